The fraction of sp³-hybridized carbons (Fsp3) is 0.429. The van der Waals surface area contributed by atoms with Crippen LogP contribution in [0.25, 0.3) is 0 Å². The van der Waals surface area contributed by atoms with Crippen molar-refractivity contribution in [3.05, 3.63) is 39.9 Å². The summed E-state index contributed by atoms with van der Waals surface area (Å²) in [7, 11) is 1.48. The van der Waals surface area contributed by atoms with Gasteiger partial charge in [-0.05, 0) is 0 Å². The lowest BCUT2D eigenvalue weighted by atomic mass is 10.0. The number of rotatable bonds is 10. The molecule has 1 atom stereocenters. The topological polar surface area (TPSA) is 128 Å². The fourth-order valence-corrected chi connectivity index (χ4v) is 1.82. The lowest BCUT2D eigenvalue weighted by Crippen LogP contribution is -2.44. The highest BCUT2D eigenvalue weighted by atomic mass is 16.6. The van der Waals surface area contributed by atoms with Gasteiger partial charge < -0.3 is 19.9 Å². The molecule has 2 N–H and O–H groups in total. The van der Waals surface area contributed by atoms with E-state index in [0.717, 1.165) is 0 Å². The number of ether oxygens (including phenoxy) is 2. The third-order valence-corrected chi connectivity index (χ3v) is 2.91. The predicted octanol–water partition coefficient (Wildman–Crippen LogP) is 0.370. The molecule has 0 unspecified atom stereocenters. The molecular formula is C14H18N2O7. The SMILES string of the molecule is COCCOCC(=O)N[C@H](Cc1ccccc1[N+](=O)[O-])C(=O)O. The Morgan fingerprint density at radius 1 is 1.35 bits per heavy atom. The summed E-state index contributed by atoms with van der Waals surface area (Å²) in [4.78, 5) is 33.3. The number of nitro benzene ring substituents is 1. The van der Waals surface area contributed by atoms with Crippen molar-refractivity contribution in [2.45, 2.75) is 12.5 Å². The highest BCUT2D eigenvalue weighted by molar-refractivity contribution is 5.84. The first kappa shape index (κ1) is 18.5. The Kier molecular flexibility index (Phi) is 7.64. The Hall–Kier alpha value is -2.52. The molecule has 0 fully saturated rings. The Morgan fingerprint density at radius 3 is 2.65 bits per heavy atom. The van der Waals surface area contributed by atoms with E-state index in [4.69, 9.17) is 9.47 Å². The van der Waals surface area contributed by atoms with Crippen LogP contribution in [0, 0.1) is 10.1 Å². The largest absolute Gasteiger partial charge is 0.480 e. The van der Waals surface area contributed by atoms with Crippen LogP contribution in [0.15, 0.2) is 24.3 Å². The third-order valence-electron chi connectivity index (χ3n) is 2.91. The number of methoxy groups -OCH3 is 1. The van der Waals surface area contributed by atoms with Gasteiger partial charge >= 0.3 is 5.97 Å². The van der Waals surface area contributed by atoms with Crippen LogP contribution in [0.1, 0.15) is 5.56 Å². The van der Waals surface area contributed by atoms with Gasteiger partial charge in [-0.2, -0.15) is 0 Å². The van der Waals surface area contributed by atoms with Gasteiger partial charge in [0.25, 0.3) is 5.69 Å². The van der Waals surface area contributed by atoms with E-state index in [1.807, 2.05) is 0 Å². The molecule has 9 heteroatoms. The molecule has 0 aliphatic heterocycles. The number of benzene rings is 1. The van der Waals surface area contributed by atoms with Gasteiger partial charge in [0.2, 0.25) is 5.91 Å². The summed E-state index contributed by atoms with van der Waals surface area (Å²) in [6, 6.07) is 4.50. The monoisotopic (exact) mass is 326 g/mol. The number of hydrogen-bond donors (Lipinski definition) is 2. The van der Waals surface area contributed by atoms with Crippen LogP contribution in [0.5, 0.6) is 0 Å². The molecule has 0 saturated heterocycles. The van der Waals surface area contributed by atoms with Crippen LogP contribution in [0.3, 0.4) is 0 Å². The van der Waals surface area contributed by atoms with Gasteiger partial charge in [0.15, 0.2) is 0 Å². The zero-order chi connectivity index (χ0) is 17.2. The zero-order valence-corrected chi connectivity index (χ0v) is 12.6. The molecule has 0 aliphatic carbocycles. The minimum Gasteiger partial charge on any atom is -0.480 e. The number of nitro groups is 1. The molecule has 1 rings (SSSR count). The molecule has 23 heavy (non-hydrogen) atoms. The van der Waals surface area contributed by atoms with Crippen LogP contribution in [-0.2, 0) is 25.5 Å². The van der Waals surface area contributed by atoms with Crippen LogP contribution in [0.4, 0.5) is 5.69 Å². The summed E-state index contributed by atoms with van der Waals surface area (Å²) < 4.78 is 9.73. The van der Waals surface area contributed by atoms with E-state index in [1.54, 1.807) is 6.07 Å². The highest BCUT2D eigenvalue weighted by Gasteiger charge is 2.24. The first-order chi connectivity index (χ1) is 11.0. The molecule has 1 amide bonds. The number of carbonyl (C=O) groups excluding carboxylic acids is 1. The number of aliphatic carboxylic acids is 1. The Labute approximate surface area is 132 Å². The second-order valence-corrected chi connectivity index (χ2v) is 4.59. The number of nitrogens with one attached hydrogen (secondary N) is 1. The van der Waals surface area contributed by atoms with Crippen molar-refractivity contribution in [1.82, 2.24) is 5.32 Å². The van der Waals surface area contributed by atoms with Crippen molar-refractivity contribution in [1.29, 1.82) is 0 Å². The number of carboxylic acid groups (broad SMARTS) is 1. The summed E-state index contributed by atoms with van der Waals surface area (Å²) in [5.41, 5.74) is 0.0369. The average molecular weight is 326 g/mol. The highest BCUT2D eigenvalue weighted by Crippen LogP contribution is 2.19. The van der Waals surface area contributed by atoms with Gasteiger partial charge in [0, 0.05) is 25.2 Å². The molecule has 0 spiro atoms. The fourth-order valence-electron chi connectivity index (χ4n) is 1.82. The first-order valence-electron chi connectivity index (χ1n) is 6.76. The Bertz CT molecular complexity index is 562. The van der Waals surface area contributed by atoms with Crippen LogP contribution < -0.4 is 5.32 Å². The van der Waals surface area contributed by atoms with E-state index < -0.39 is 22.8 Å². The van der Waals surface area contributed by atoms with Crippen molar-refractivity contribution >= 4 is 17.6 Å². The molecule has 126 valence electrons. The summed E-state index contributed by atoms with van der Waals surface area (Å²) in [6.45, 7) is 0.196. The second kappa shape index (κ2) is 9.49. The first-order valence-corrected chi connectivity index (χ1v) is 6.76. The lowest BCUT2D eigenvalue weighted by Gasteiger charge is -2.14. The summed E-state index contributed by atoms with van der Waals surface area (Å²) in [5, 5.41) is 22.4. The average Bonchev–Trinajstić information content (AvgIpc) is 2.51. The summed E-state index contributed by atoms with van der Waals surface area (Å²) >= 11 is 0. The molecular weight excluding hydrogens is 308 g/mol. The van der Waals surface area contributed by atoms with E-state index in [0.29, 0.717) is 6.61 Å². The number of amides is 1. The molecule has 1 aromatic carbocycles. The number of carboxylic acids is 1. The molecule has 0 aromatic heterocycles. The van der Waals surface area contributed by atoms with Crippen molar-refractivity contribution < 1.29 is 29.1 Å². The van der Waals surface area contributed by atoms with E-state index >= 15 is 0 Å². The Balaban J connectivity index is 2.68. The van der Waals surface area contributed by atoms with E-state index in [9.17, 15) is 24.8 Å². The maximum atomic E-state index is 11.7. The number of hydrogen-bond acceptors (Lipinski definition) is 6. The normalized spacial score (nSPS) is 11.7. The van der Waals surface area contributed by atoms with Gasteiger partial charge in [-0.15, -0.1) is 0 Å². The second-order valence-electron chi connectivity index (χ2n) is 4.59. The zero-order valence-electron chi connectivity index (χ0n) is 12.6. The van der Waals surface area contributed by atoms with Crippen LogP contribution in [-0.4, -0.2) is 54.9 Å². The van der Waals surface area contributed by atoms with Gasteiger partial charge in [-0.1, -0.05) is 18.2 Å². The van der Waals surface area contributed by atoms with Crippen molar-refractivity contribution in [3.8, 4) is 0 Å². The lowest BCUT2D eigenvalue weighted by molar-refractivity contribution is -0.385. The minimum atomic E-state index is -1.28. The predicted molar refractivity (Wildman–Crippen MR) is 79.1 cm³/mol. The number of para-hydroxylation sites is 1. The molecule has 0 aliphatic rings. The quantitative estimate of drug-likeness (QED) is 0.361. The molecule has 0 bridgehead atoms. The standard InChI is InChI=1S/C14H18N2O7/c1-22-6-7-23-9-13(17)15-11(14(18)19)8-10-4-2-3-5-12(10)16(20)21/h2-5,11H,6-9H2,1H3,(H,15,17)(H,18,19)/t11-/m1/s1. The van der Waals surface area contributed by atoms with Gasteiger partial charge in [-0.3, -0.25) is 14.9 Å². The van der Waals surface area contributed by atoms with Crippen LogP contribution in [0.2, 0.25) is 0 Å². The molecule has 1 aromatic rings. The number of carbonyl (C=O) groups is 2. The van der Waals surface area contributed by atoms with E-state index in [-0.39, 0.29) is 30.9 Å². The molecule has 0 radical (unpaired) electrons. The summed E-state index contributed by atoms with van der Waals surface area (Å²) in [6.07, 6.45) is -0.198. The maximum absolute atomic E-state index is 11.7. The van der Waals surface area contributed by atoms with Crippen molar-refractivity contribution in [2.75, 3.05) is 26.9 Å². The number of nitrogens with zero attached hydrogens (tertiary/aromatic N) is 1. The van der Waals surface area contributed by atoms with E-state index in [1.165, 1.54) is 25.3 Å². The minimum absolute atomic E-state index is 0.190. The van der Waals surface area contributed by atoms with E-state index in [2.05, 4.69) is 5.32 Å². The van der Waals surface area contributed by atoms with Gasteiger partial charge in [0.1, 0.15) is 12.6 Å². The van der Waals surface area contributed by atoms with Gasteiger partial charge in [0.05, 0.1) is 18.1 Å². The van der Waals surface area contributed by atoms with Crippen molar-refractivity contribution in [3.63, 3.8) is 0 Å². The summed E-state index contributed by atoms with van der Waals surface area (Å²) in [5.74, 6) is -1.90. The third kappa shape index (κ3) is 6.41. The Morgan fingerprint density at radius 2 is 2.04 bits per heavy atom. The van der Waals surface area contributed by atoms with Crippen molar-refractivity contribution in [2.24, 2.45) is 0 Å². The molecule has 0 heterocycles. The molecule has 0 saturated carbocycles. The van der Waals surface area contributed by atoms with Gasteiger partial charge in [-0.25, -0.2) is 4.79 Å². The maximum Gasteiger partial charge on any atom is 0.326 e. The van der Waals surface area contributed by atoms with Crippen LogP contribution >= 0.6 is 0 Å². The molecule has 9 nitrogen and oxygen atoms in total. The smallest absolute Gasteiger partial charge is 0.326 e.